The molecule has 0 aliphatic heterocycles. The highest BCUT2D eigenvalue weighted by Crippen LogP contribution is 2.40. The Morgan fingerprint density at radius 1 is 1.41 bits per heavy atom. The Morgan fingerprint density at radius 2 is 2.18 bits per heavy atom. The van der Waals surface area contributed by atoms with Gasteiger partial charge in [0.15, 0.2) is 0 Å². The molecule has 0 amide bonds. The monoisotopic (exact) mass is 252 g/mol. The summed E-state index contributed by atoms with van der Waals surface area (Å²) in [5, 5.41) is 5.87. The van der Waals surface area contributed by atoms with Crippen molar-refractivity contribution in [3.8, 4) is 0 Å². The van der Waals surface area contributed by atoms with Crippen molar-refractivity contribution < 1.29 is 0 Å². The zero-order chi connectivity index (χ0) is 12.1. The molecule has 1 aromatic heterocycles. The van der Waals surface area contributed by atoms with Crippen LogP contribution in [-0.2, 0) is 6.42 Å². The highest BCUT2D eigenvalue weighted by Gasteiger charge is 2.34. The summed E-state index contributed by atoms with van der Waals surface area (Å²) < 4.78 is 0. The van der Waals surface area contributed by atoms with Crippen LogP contribution in [0, 0.1) is 11.3 Å². The number of thiazole rings is 1. The van der Waals surface area contributed by atoms with Crippen LogP contribution in [0.1, 0.15) is 45.2 Å². The minimum Gasteiger partial charge on any atom is -0.316 e. The molecule has 0 aromatic carbocycles. The van der Waals surface area contributed by atoms with Crippen LogP contribution < -0.4 is 5.32 Å². The zero-order valence-electron chi connectivity index (χ0n) is 11.0. The van der Waals surface area contributed by atoms with E-state index in [4.69, 9.17) is 0 Å². The summed E-state index contributed by atoms with van der Waals surface area (Å²) in [6.07, 6.45) is 6.70. The third-order valence-corrected chi connectivity index (χ3v) is 4.39. The summed E-state index contributed by atoms with van der Waals surface area (Å²) in [4.78, 5) is 4.46. The first-order valence-electron chi connectivity index (χ1n) is 6.78. The van der Waals surface area contributed by atoms with E-state index in [2.05, 4.69) is 29.5 Å². The molecule has 1 heterocycles. The Labute approximate surface area is 109 Å². The quantitative estimate of drug-likeness (QED) is 0.838. The molecule has 2 nitrogen and oxygen atoms in total. The van der Waals surface area contributed by atoms with E-state index in [0.717, 1.165) is 12.5 Å². The average Bonchev–Trinajstić information content (AvgIpc) is 2.90. The van der Waals surface area contributed by atoms with Gasteiger partial charge in [-0.05, 0) is 37.1 Å². The highest BCUT2D eigenvalue weighted by atomic mass is 32.1. The third kappa shape index (κ3) is 3.78. The highest BCUT2D eigenvalue weighted by molar-refractivity contribution is 7.07. The van der Waals surface area contributed by atoms with Gasteiger partial charge in [0.05, 0.1) is 11.2 Å². The second-order valence-corrected chi connectivity index (χ2v) is 6.61. The molecule has 1 fully saturated rings. The van der Waals surface area contributed by atoms with Gasteiger partial charge in [-0.15, -0.1) is 11.3 Å². The molecule has 0 spiro atoms. The smallest absolute Gasteiger partial charge is 0.0794 e. The van der Waals surface area contributed by atoms with Gasteiger partial charge >= 0.3 is 0 Å². The van der Waals surface area contributed by atoms with Gasteiger partial charge < -0.3 is 5.32 Å². The fraction of sp³-hybridized carbons (Fsp3) is 0.786. The minimum atomic E-state index is 0.489. The number of hydrogen-bond donors (Lipinski definition) is 1. The van der Waals surface area contributed by atoms with Crippen molar-refractivity contribution in [3.63, 3.8) is 0 Å². The topological polar surface area (TPSA) is 24.9 Å². The zero-order valence-corrected chi connectivity index (χ0v) is 11.9. The van der Waals surface area contributed by atoms with E-state index in [9.17, 15) is 0 Å². The van der Waals surface area contributed by atoms with Crippen molar-refractivity contribution in [1.82, 2.24) is 10.3 Å². The molecule has 1 saturated carbocycles. The number of hydrogen-bond acceptors (Lipinski definition) is 3. The number of aromatic nitrogens is 1. The lowest BCUT2D eigenvalue weighted by Gasteiger charge is -2.29. The molecular formula is C14H24N2S. The molecule has 1 aliphatic rings. The van der Waals surface area contributed by atoms with Gasteiger partial charge in [-0.1, -0.05) is 26.7 Å². The van der Waals surface area contributed by atoms with E-state index >= 15 is 0 Å². The molecule has 2 rings (SSSR count). The molecule has 0 radical (unpaired) electrons. The normalized spacial score (nSPS) is 19.0. The molecule has 0 atom stereocenters. The largest absolute Gasteiger partial charge is 0.316 e. The van der Waals surface area contributed by atoms with Crippen molar-refractivity contribution >= 4 is 11.3 Å². The maximum atomic E-state index is 4.46. The van der Waals surface area contributed by atoms with Gasteiger partial charge in [0.25, 0.3) is 0 Å². The van der Waals surface area contributed by atoms with Crippen LogP contribution in [0.5, 0.6) is 0 Å². The Balaban J connectivity index is 1.90. The van der Waals surface area contributed by atoms with Crippen molar-refractivity contribution in [3.05, 3.63) is 16.6 Å². The molecule has 1 aliphatic carbocycles. The molecule has 1 N–H and O–H groups in total. The molecule has 96 valence electrons. The predicted octanol–water partition coefficient (Wildman–Crippen LogP) is 3.49. The van der Waals surface area contributed by atoms with Gasteiger partial charge in [0.1, 0.15) is 0 Å². The molecule has 0 bridgehead atoms. The van der Waals surface area contributed by atoms with Crippen LogP contribution in [0.25, 0.3) is 0 Å². The fourth-order valence-electron chi connectivity index (χ4n) is 2.88. The van der Waals surface area contributed by atoms with E-state index in [-0.39, 0.29) is 0 Å². The molecule has 1 aromatic rings. The van der Waals surface area contributed by atoms with E-state index in [1.807, 2.05) is 5.51 Å². The summed E-state index contributed by atoms with van der Waals surface area (Å²) in [5.41, 5.74) is 3.74. The van der Waals surface area contributed by atoms with Gasteiger partial charge in [-0.3, -0.25) is 0 Å². The van der Waals surface area contributed by atoms with Gasteiger partial charge in [-0.2, -0.15) is 0 Å². The number of rotatable bonds is 6. The second-order valence-electron chi connectivity index (χ2n) is 5.89. The van der Waals surface area contributed by atoms with Crippen molar-refractivity contribution in [2.24, 2.45) is 11.3 Å². The Kier molecular flexibility index (Phi) is 4.57. The van der Waals surface area contributed by atoms with E-state index in [1.165, 1.54) is 44.3 Å². The fourth-order valence-corrected chi connectivity index (χ4v) is 3.43. The molecular weight excluding hydrogens is 228 g/mol. The number of nitrogens with zero attached hydrogens (tertiary/aromatic N) is 1. The SMILES string of the molecule is CC(C)CNCC1(Cc2cscn2)CCCC1. The molecule has 0 unspecified atom stereocenters. The van der Waals surface area contributed by atoms with Crippen molar-refractivity contribution in [2.45, 2.75) is 46.0 Å². The van der Waals surface area contributed by atoms with Crippen LogP contribution in [0.4, 0.5) is 0 Å². The first-order chi connectivity index (χ1) is 8.20. The summed E-state index contributed by atoms with van der Waals surface area (Å²) in [6, 6.07) is 0. The van der Waals surface area contributed by atoms with Crippen LogP contribution >= 0.6 is 11.3 Å². The summed E-state index contributed by atoms with van der Waals surface area (Å²) in [7, 11) is 0. The maximum absolute atomic E-state index is 4.46. The average molecular weight is 252 g/mol. The van der Waals surface area contributed by atoms with Gasteiger partial charge in [0.2, 0.25) is 0 Å². The molecule has 3 heteroatoms. The van der Waals surface area contributed by atoms with Gasteiger partial charge in [-0.25, -0.2) is 4.98 Å². The third-order valence-electron chi connectivity index (χ3n) is 3.76. The molecule has 17 heavy (non-hydrogen) atoms. The van der Waals surface area contributed by atoms with Crippen LogP contribution in [0.3, 0.4) is 0 Å². The lowest BCUT2D eigenvalue weighted by molar-refractivity contribution is 0.271. The Morgan fingerprint density at radius 3 is 2.76 bits per heavy atom. The van der Waals surface area contributed by atoms with Crippen molar-refractivity contribution in [1.29, 1.82) is 0 Å². The Bertz CT molecular complexity index is 313. The first-order valence-corrected chi connectivity index (χ1v) is 7.72. The first kappa shape index (κ1) is 13.0. The lowest BCUT2D eigenvalue weighted by Crippen LogP contribution is -2.35. The summed E-state index contributed by atoms with van der Waals surface area (Å²) in [6.45, 7) is 6.85. The predicted molar refractivity (Wildman–Crippen MR) is 74.4 cm³/mol. The summed E-state index contributed by atoms with van der Waals surface area (Å²) in [5.74, 6) is 0.743. The minimum absolute atomic E-state index is 0.489. The summed E-state index contributed by atoms with van der Waals surface area (Å²) >= 11 is 1.72. The van der Waals surface area contributed by atoms with Crippen molar-refractivity contribution in [2.75, 3.05) is 13.1 Å². The standard InChI is InChI=1S/C14H24N2S/c1-12(2)8-15-10-14(5-3-4-6-14)7-13-9-17-11-16-13/h9,11-12,15H,3-8,10H2,1-2H3. The van der Waals surface area contributed by atoms with Crippen LogP contribution in [0.2, 0.25) is 0 Å². The van der Waals surface area contributed by atoms with E-state index in [1.54, 1.807) is 11.3 Å². The van der Waals surface area contributed by atoms with E-state index in [0.29, 0.717) is 5.41 Å². The second kappa shape index (κ2) is 5.96. The Hall–Kier alpha value is -0.410. The maximum Gasteiger partial charge on any atom is 0.0794 e. The number of nitrogens with one attached hydrogen (secondary N) is 1. The molecule has 0 saturated heterocycles. The van der Waals surface area contributed by atoms with Crippen LogP contribution in [0.15, 0.2) is 10.9 Å². The van der Waals surface area contributed by atoms with Gasteiger partial charge in [0, 0.05) is 11.9 Å². The lowest BCUT2D eigenvalue weighted by atomic mass is 9.81. The van der Waals surface area contributed by atoms with E-state index < -0.39 is 0 Å². The van der Waals surface area contributed by atoms with Crippen LogP contribution in [-0.4, -0.2) is 18.1 Å².